The van der Waals surface area contributed by atoms with E-state index in [4.69, 9.17) is 9.47 Å². The van der Waals surface area contributed by atoms with E-state index in [1.54, 1.807) is 7.11 Å². The van der Waals surface area contributed by atoms with Crippen molar-refractivity contribution in [3.63, 3.8) is 0 Å². The lowest BCUT2D eigenvalue weighted by Crippen LogP contribution is -2.39. The van der Waals surface area contributed by atoms with Crippen LogP contribution >= 0.6 is 0 Å². The highest BCUT2D eigenvalue weighted by Crippen LogP contribution is 2.11. The topological polar surface area (TPSA) is 84.4 Å². The zero-order valence-electron chi connectivity index (χ0n) is 12.9. The summed E-state index contributed by atoms with van der Waals surface area (Å²) < 4.78 is 10.4. The van der Waals surface area contributed by atoms with Gasteiger partial charge in [0.1, 0.15) is 0 Å². The first-order valence-corrected chi connectivity index (χ1v) is 7.28. The second-order valence-corrected chi connectivity index (χ2v) is 5.15. The first kappa shape index (κ1) is 15.7. The number of hydrogen-bond donors (Lipinski definition) is 2. The minimum absolute atomic E-state index is 0.248. The van der Waals surface area contributed by atoms with E-state index in [0.29, 0.717) is 17.9 Å². The van der Waals surface area contributed by atoms with Crippen LogP contribution in [0.4, 0.5) is 11.9 Å². The predicted molar refractivity (Wildman–Crippen MR) is 80.9 cm³/mol. The number of methoxy groups -OCH3 is 1. The Morgan fingerprint density at radius 1 is 1.19 bits per heavy atom. The second-order valence-electron chi connectivity index (χ2n) is 5.15. The Hall–Kier alpha value is -1.67. The molecule has 0 bridgehead atoms. The van der Waals surface area contributed by atoms with Crippen molar-refractivity contribution in [2.45, 2.75) is 19.9 Å². The Bertz CT molecular complexity index is 437. The third-order valence-electron chi connectivity index (χ3n) is 3.03. The second kappa shape index (κ2) is 7.94. The molecule has 0 aromatic carbocycles. The maximum absolute atomic E-state index is 5.33. The minimum Gasteiger partial charge on any atom is -0.467 e. The summed E-state index contributed by atoms with van der Waals surface area (Å²) in [5.74, 6) is 1.05. The highest BCUT2D eigenvalue weighted by Gasteiger charge is 2.11. The van der Waals surface area contributed by atoms with Gasteiger partial charge in [0, 0.05) is 32.2 Å². The number of hydrogen-bond acceptors (Lipinski definition) is 8. The van der Waals surface area contributed by atoms with E-state index in [1.807, 2.05) is 13.8 Å². The Morgan fingerprint density at radius 2 is 1.90 bits per heavy atom. The van der Waals surface area contributed by atoms with Gasteiger partial charge in [0.05, 0.1) is 20.3 Å². The molecule has 1 saturated heterocycles. The Kier molecular flexibility index (Phi) is 5.94. The maximum atomic E-state index is 5.33. The molecular weight excluding hydrogens is 272 g/mol. The van der Waals surface area contributed by atoms with Gasteiger partial charge in [-0.3, -0.25) is 4.90 Å². The van der Waals surface area contributed by atoms with Crippen molar-refractivity contribution in [3.8, 4) is 6.01 Å². The smallest absolute Gasteiger partial charge is 0.322 e. The molecule has 1 aliphatic heterocycles. The van der Waals surface area contributed by atoms with E-state index in [2.05, 4.69) is 30.5 Å². The Labute approximate surface area is 125 Å². The van der Waals surface area contributed by atoms with Crippen LogP contribution in [0.2, 0.25) is 0 Å². The molecule has 1 aliphatic rings. The summed E-state index contributed by atoms with van der Waals surface area (Å²) in [6, 6.07) is 0.556. The zero-order chi connectivity index (χ0) is 15.1. The van der Waals surface area contributed by atoms with Gasteiger partial charge in [-0.05, 0) is 13.8 Å². The van der Waals surface area contributed by atoms with Crippen molar-refractivity contribution in [3.05, 3.63) is 0 Å². The van der Waals surface area contributed by atoms with Gasteiger partial charge in [0.25, 0.3) is 0 Å². The molecule has 0 aliphatic carbocycles. The van der Waals surface area contributed by atoms with Gasteiger partial charge in [0.15, 0.2) is 0 Å². The maximum Gasteiger partial charge on any atom is 0.322 e. The fourth-order valence-electron chi connectivity index (χ4n) is 2.00. The standard InChI is InChI=1S/C13H24N6O2/c1-10(2)15-12-16-11(17-13(18-12)20-3)14-4-5-19-6-8-21-9-7-19/h10H,4-9H2,1-3H3,(H2,14,15,16,17,18). The normalized spacial score (nSPS) is 16.0. The molecule has 0 unspecified atom stereocenters. The molecule has 1 aromatic heterocycles. The third kappa shape index (κ3) is 5.31. The van der Waals surface area contributed by atoms with E-state index in [9.17, 15) is 0 Å². The van der Waals surface area contributed by atoms with Crippen LogP contribution in [0.25, 0.3) is 0 Å². The molecule has 118 valence electrons. The largest absolute Gasteiger partial charge is 0.467 e. The van der Waals surface area contributed by atoms with Crippen LogP contribution in [0, 0.1) is 0 Å². The van der Waals surface area contributed by atoms with Gasteiger partial charge in [-0.2, -0.15) is 15.0 Å². The van der Waals surface area contributed by atoms with Crippen LogP contribution in [0.3, 0.4) is 0 Å². The summed E-state index contributed by atoms with van der Waals surface area (Å²) in [5, 5.41) is 6.37. The highest BCUT2D eigenvalue weighted by atomic mass is 16.5. The minimum atomic E-state index is 0.248. The molecule has 0 amide bonds. The molecule has 2 rings (SSSR count). The van der Waals surface area contributed by atoms with Gasteiger partial charge in [0.2, 0.25) is 11.9 Å². The fourth-order valence-corrected chi connectivity index (χ4v) is 2.00. The van der Waals surface area contributed by atoms with Crippen LogP contribution in [0.1, 0.15) is 13.8 Å². The van der Waals surface area contributed by atoms with Gasteiger partial charge < -0.3 is 20.1 Å². The average molecular weight is 296 g/mol. The Morgan fingerprint density at radius 3 is 2.57 bits per heavy atom. The Balaban J connectivity index is 1.88. The highest BCUT2D eigenvalue weighted by molar-refractivity contribution is 5.36. The van der Waals surface area contributed by atoms with Crippen LogP contribution in [-0.4, -0.2) is 72.4 Å². The number of morpholine rings is 1. The molecule has 1 fully saturated rings. The van der Waals surface area contributed by atoms with Crippen LogP contribution < -0.4 is 15.4 Å². The molecule has 8 nitrogen and oxygen atoms in total. The summed E-state index contributed by atoms with van der Waals surface area (Å²) in [4.78, 5) is 15.1. The molecule has 2 N–H and O–H groups in total. The van der Waals surface area contributed by atoms with E-state index in [0.717, 1.165) is 39.4 Å². The van der Waals surface area contributed by atoms with Crippen LogP contribution in [0.5, 0.6) is 6.01 Å². The summed E-state index contributed by atoms with van der Waals surface area (Å²) in [6.07, 6.45) is 0. The number of ether oxygens (including phenoxy) is 2. The fraction of sp³-hybridized carbons (Fsp3) is 0.769. The lowest BCUT2D eigenvalue weighted by atomic mass is 10.4. The SMILES string of the molecule is COc1nc(NCCN2CCOCC2)nc(NC(C)C)n1. The number of nitrogens with one attached hydrogen (secondary N) is 2. The molecular formula is C13H24N6O2. The summed E-state index contributed by atoms with van der Waals surface area (Å²) in [5.41, 5.74) is 0. The van der Waals surface area contributed by atoms with Gasteiger partial charge in [-0.25, -0.2) is 0 Å². The quantitative estimate of drug-likeness (QED) is 0.750. The summed E-state index contributed by atoms with van der Waals surface area (Å²) >= 11 is 0. The number of anilines is 2. The van der Waals surface area contributed by atoms with Gasteiger partial charge in [-0.15, -0.1) is 0 Å². The van der Waals surface area contributed by atoms with Gasteiger partial charge >= 0.3 is 6.01 Å². The van der Waals surface area contributed by atoms with Crippen molar-refractivity contribution in [1.82, 2.24) is 19.9 Å². The number of rotatable bonds is 7. The predicted octanol–water partition coefficient (Wildman–Crippen LogP) is 0.445. The molecule has 0 atom stereocenters. The number of nitrogens with zero attached hydrogens (tertiary/aromatic N) is 4. The van der Waals surface area contributed by atoms with Crippen molar-refractivity contribution >= 4 is 11.9 Å². The summed E-state index contributed by atoms with van der Waals surface area (Å²) in [6.45, 7) is 9.33. The molecule has 1 aromatic rings. The lowest BCUT2D eigenvalue weighted by Gasteiger charge is -2.26. The van der Waals surface area contributed by atoms with E-state index >= 15 is 0 Å². The molecule has 8 heteroatoms. The number of aromatic nitrogens is 3. The first-order chi connectivity index (χ1) is 10.2. The zero-order valence-corrected chi connectivity index (χ0v) is 12.9. The van der Waals surface area contributed by atoms with E-state index < -0.39 is 0 Å². The van der Waals surface area contributed by atoms with E-state index in [-0.39, 0.29) is 6.04 Å². The molecule has 0 saturated carbocycles. The monoisotopic (exact) mass is 296 g/mol. The van der Waals surface area contributed by atoms with Crippen LogP contribution in [0.15, 0.2) is 0 Å². The first-order valence-electron chi connectivity index (χ1n) is 7.28. The molecule has 21 heavy (non-hydrogen) atoms. The van der Waals surface area contributed by atoms with Crippen molar-refractivity contribution in [2.75, 3.05) is 57.1 Å². The van der Waals surface area contributed by atoms with Crippen molar-refractivity contribution in [1.29, 1.82) is 0 Å². The van der Waals surface area contributed by atoms with Crippen molar-refractivity contribution in [2.24, 2.45) is 0 Å². The van der Waals surface area contributed by atoms with Gasteiger partial charge in [-0.1, -0.05) is 0 Å². The van der Waals surface area contributed by atoms with Crippen LogP contribution in [-0.2, 0) is 4.74 Å². The lowest BCUT2D eigenvalue weighted by molar-refractivity contribution is 0.0398. The third-order valence-corrected chi connectivity index (χ3v) is 3.03. The van der Waals surface area contributed by atoms with Crippen molar-refractivity contribution < 1.29 is 9.47 Å². The average Bonchev–Trinajstić information content (AvgIpc) is 2.47. The molecule has 0 spiro atoms. The van der Waals surface area contributed by atoms with E-state index in [1.165, 1.54) is 0 Å². The summed E-state index contributed by atoms with van der Waals surface area (Å²) in [7, 11) is 1.55. The molecule has 0 radical (unpaired) electrons. The molecule has 2 heterocycles.